The molecule has 3 rings (SSSR count). The number of fused-ring (bicyclic) bond motifs is 2. The number of aromatic nitrogens is 1. The van der Waals surface area contributed by atoms with E-state index in [-0.39, 0.29) is 17.0 Å². The van der Waals surface area contributed by atoms with E-state index >= 15 is 0 Å². The van der Waals surface area contributed by atoms with Gasteiger partial charge in [-0.1, -0.05) is 12.2 Å². The first-order chi connectivity index (χ1) is 11.5. The van der Waals surface area contributed by atoms with E-state index in [0.717, 1.165) is 17.7 Å². The van der Waals surface area contributed by atoms with Gasteiger partial charge in [-0.3, -0.25) is 9.59 Å². The highest BCUT2D eigenvalue weighted by atomic mass is 16.5. The molecule has 130 valence electrons. The molecule has 0 saturated heterocycles. The van der Waals surface area contributed by atoms with Gasteiger partial charge in [0.25, 0.3) is 11.5 Å². The summed E-state index contributed by atoms with van der Waals surface area (Å²) < 4.78 is 6.68. The number of carbonyl (C=O) groups is 1. The standard InChI is InChI=1S/C19H26N2O3/c1-12-8-13(2)21(6-7-24-3)19(23)17(12)18(22)20-11-16-10-14-4-5-15(16)9-14/h4-5,8,14-16H,6-7,9-11H2,1-3H3,(H,20,22)/t14-,15-,16-/m0/s1. The summed E-state index contributed by atoms with van der Waals surface area (Å²) in [5.74, 6) is 1.53. The van der Waals surface area contributed by atoms with Crippen LogP contribution in [0.1, 0.15) is 34.5 Å². The van der Waals surface area contributed by atoms with Gasteiger partial charge >= 0.3 is 0 Å². The highest BCUT2D eigenvalue weighted by Crippen LogP contribution is 2.42. The second-order valence-corrected chi connectivity index (χ2v) is 7.04. The fraction of sp³-hybridized carbons (Fsp3) is 0.579. The number of methoxy groups -OCH3 is 1. The number of hydrogen-bond acceptors (Lipinski definition) is 3. The van der Waals surface area contributed by atoms with Crippen LogP contribution in [-0.4, -0.2) is 30.7 Å². The summed E-state index contributed by atoms with van der Waals surface area (Å²) in [5, 5.41) is 2.99. The Labute approximate surface area is 142 Å². The molecular formula is C19H26N2O3. The fourth-order valence-corrected chi connectivity index (χ4v) is 4.11. The minimum atomic E-state index is -0.254. The third-order valence-corrected chi connectivity index (χ3v) is 5.39. The lowest BCUT2D eigenvalue weighted by Gasteiger charge is -2.19. The topological polar surface area (TPSA) is 60.3 Å². The molecule has 0 aromatic carbocycles. The predicted octanol–water partition coefficient (Wildman–Crippen LogP) is 2.05. The Kier molecular flexibility index (Phi) is 4.90. The van der Waals surface area contributed by atoms with Crippen molar-refractivity contribution < 1.29 is 9.53 Å². The molecule has 0 spiro atoms. The van der Waals surface area contributed by atoms with Gasteiger partial charge in [0.05, 0.1) is 6.61 Å². The van der Waals surface area contributed by atoms with Crippen molar-refractivity contribution in [1.82, 2.24) is 9.88 Å². The van der Waals surface area contributed by atoms with Crippen LogP contribution >= 0.6 is 0 Å². The summed E-state index contributed by atoms with van der Waals surface area (Å²) in [7, 11) is 1.60. The number of aryl methyl sites for hydroxylation is 2. The molecule has 1 heterocycles. The van der Waals surface area contributed by atoms with E-state index in [2.05, 4.69) is 17.5 Å². The molecule has 1 aromatic rings. The summed E-state index contributed by atoms with van der Waals surface area (Å²) in [6.45, 7) is 5.26. The zero-order valence-electron chi connectivity index (χ0n) is 14.7. The smallest absolute Gasteiger partial charge is 0.263 e. The van der Waals surface area contributed by atoms with Crippen molar-refractivity contribution in [3.8, 4) is 0 Å². The molecule has 0 unspecified atom stereocenters. The van der Waals surface area contributed by atoms with Crippen molar-refractivity contribution in [3.05, 3.63) is 45.4 Å². The van der Waals surface area contributed by atoms with Crippen LogP contribution in [0.15, 0.2) is 23.0 Å². The molecule has 1 N–H and O–H groups in total. The number of ether oxygens (including phenoxy) is 1. The molecule has 1 aromatic heterocycles. The fourth-order valence-electron chi connectivity index (χ4n) is 4.11. The van der Waals surface area contributed by atoms with E-state index in [9.17, 15) is 9.59 Å². The van der Waals surface area contributed by atoms with Gasteiger partial charge in [0.1, 0.15) is 5.56 Å². The minimum Gasteiger partial charge on any atom is -0.383 e. The third kappa shape index (κ3) is 3.18. The number of amides is 1. The summed E-state index contributed by atoms with van der Waals surface area (Å²) in [4.78, 5) is 25.3. The molecule has 2 aliphatic rings. The van der Waals surface area contributed by atoms with E-state index in [1.54, 1.807) is 11.7 Å². The van der Waals surface area contributed by atoms with Gasteiger partial charge in [-0.25, -0.2) is 0 Å². The van der Waals surface area contributed by atoms with E-state index in [4.69, 9.17) is 4.74 Å². The zero-order valence-corrected chi connectivity index (χ0v) is 14.7. The number of nitrogens with one attached hydrogen (secondary N) is 1. The molecule has 0 aliphatic heterocycles. The highest BCUT2D eigenvalue weighted by Gasteiger charge is 2.35. The second-order valence-electron chi connectivity index (χ2n) is 7.04. The van der Waals surface area contributed by atoms with Crippen LogP contribution in [0.3, 0.4) is 0 Å². The van der Waals surface area contributed by atoms with Crippen molar-refractivity contribution in [2.24, 2.45) is 17.8 Å². The lowest BCUT2D eigenvalue weighted by atomic mass is 9.93. The predicted molar refractivity (Wildman–Crippen MR) is 93.2 cm³/mol. The number of rotatable bonds is 6. The van der Waals surface area contributed by atoms with Crippen molar-refractivity contribution in [3.63, 3.8) is 0 Å². The van der Waals surface area contributed by atoms with Crippen molar-refractivity contribution in [1.29, 1.82) is 0 Å². The van der Waals surface area contributed by atoms with Crippen molar-refractivity contribution in [2.75, 3.05) is 20.3 Å². The summed E-state index contributed by atoms with van der Waals surface area (Å²) in [6, 6.07) is 1.90. The Hall–Kier alpha value is -1.88. The van der Waals surface area contributed by atoms with E-state index in [0.29, 0.717) is 37.5 Å². The van der Waals surface area contributed by atoms with Crippen molar-refractivity contribution in [2.45, 2.75) is 33.2 Å². The number of nitrogens with zero attached hydrogens (tertiary/aromatic N) is 1. The van der Waals surface area contributed by atoms with Crippen LogP contribution in [0.2, 0.25) is 0 Å². The minimum absolute atomic E-state index is 0.227. The van der Waals surface area contributed by atoms with Gasteiger partial charge in [0.2, 0.25) is 0 Å². The molecule has 5 nitrogen and oxygen atoms in total. The van der Waals surface area contributed by atoms with E-state index in [1.807, 2.05) is 19.9 Å². The zero-order chi connectivity index (χ0) is 17.3. The first-order valence-corrected chi connectivity index (χ1v) is 8.67. The van der Waals surface area contributed by atoms with Gasteiger partial charge in [-0.05, 0) is 56.1 Å². The van der Waals surface area contributed by atoms with Crippen LogP contribution < -0.4 is 10.9 Å². The summed E-state index contributed by atoms with van der Waals surface area (Å²) in [6.07, 6.45) is 6.93. The Balaban J connectivity index is 1.74. The molecule has 1 amide bonds. The average Bonchev–Trinajstić information content (AvgIpc) is 3.15. The van der Waals surface area contributed by atoms with Gasteiger partial charge in [0.15, 0.2) is 0 Å². The number of pyridine rings is 1. The molecule has 1 fully saturated rings. The molecule has 5 heteroatoms. The molecule has 0 radical (unpaired) electrons. The second kappa shape index (κ2) is 6.93. The Morgan fingerprint density at radius 2 is 2.12 bits per heavy atom. The Bertz CT molecular complexity index is 720. The molecule has 2 aliphatic carbocycles. The number of allylic oxidation sites excluding steroid dienone is 2. The average molecular weight is 330 g/mol. The molecule has 1 saturated carbocycles. The maximum absolute atomic E-state index is 12.7. The van der Waals surface area contributed by atoms with Crippen molar-refractivity contribution >= 4 is 5.91 Å². The van der Waals surface area contributed by atoms with Gasteiger partial charge < -0.3 is 14.6 Å². The third-order valence-electron chi connectivity index (χ3n) is 5.39. The molecule has 2 bridgehead atoms. The Morgan fingerprint density at radius 3 is 2.75 bits per heavy atom. The van der Waals surface area contributed by atoms with Crippen LogP contribution in [0, 0.1) is 31.6 Å². The SMILES string of the molecule is COCCn1c(C)cc(C)c(C(=O)NC[C@@H]2C[C@H]3C=C[C@H]2C3)c1=O. The van der Waals surface area contributed by atoms with E-state index in [1.165, 1.54) is 6.42 Å². The first kappa shape index (κ1) is 17.0. The van der Waals surface area contributed by atoms with Gasteiger partial charge in [-0.2, -0.15) is 0 Å². The monoisotopic (exact) mass is 330 g/mol. The van der Waals surface area contributed by atoms with Crippen LogP contribution in [0.25, 0.3) is 0 Å². The van der Waals surface area contributed by atoms with Gasteiger partial charge in [0, 0.05) is 25.9 Å². The lowest BCUT2D eigenvalue weighted by molar-refractivity contribution is 0.0941. The normalized spacial score (nSPS) is 24.5. The molecule has 3 atom stereocenters. The Morgan fingerprint density at radius 1 is 1.33 bits per heavy atom. The first-order valence-electron chi connectivity index (χ1n) is 8.67. The van der Waals surface area contributed by atoms with Crippen LogP contribution in [-0.2, 0) is 11.3 Å². The molecule has 24 heavy (non-hydrogen) atoms. The van der Waals surface area contributed by atoms with Crippen LogP contribution in [0.5, 0.6) is 0 Å². The summed E-state index contributed by atoms with van der Waals surface area (Å²) in [5.41, 5.74) is 1.62. The highest BCUT2D eigenvalue weighted by molar-refractivity contribution is 5.95. The maximum Gasteiger partial charge on any atom is 0.263 e. The lowest BCUT2D eigenvalue weighted by Crippen LogP contribution is -2.38. The van der Waals surface area contributed by atoms with Gasteiger partial charge in [-0.15, -0.1) is 0 Å². The largest absolute Gasteiger partial charge is 0.383 e. The molecular weight excluding hydrogens is 304 g/mol. The maximum atomic E-state index is 12.7. The number of carbonyl (C=O) groups excluding carboxylic acids is 1. The quantitative estimate of drug-likeness (QED) is 0.812. The summed E-state index contributed by atoms with van der Waals surface area (Å²) >= 11 is 0. The van der Waals surface area contributed by atoms with Crippen LogP contribution in [0.4, 0.5) is 0 Å². The van der Waals surface area contributed by atoms with E-state index < -0.39 is 0 Å². The number of hydrogen-bond donors (Lipinski definition) is 1.